The molecule has 4 heteroatoms. The molecule has 2 aliphatic rings. The Morgan fingerprint density at radius 1 is 1.17 bits per heavy atom. The Labute approximate surface area is 76.6 Å². The van der Waals surface area contributed by atoms with Crippen LogP contribution in [0.5, 0.6) is 0 Å². The molecular weight excluding hydrogens is 184 g/mol. The fourth-order valence-electron chi connectivity index (χ4n) is 1.69. The van der Waals surface area contributed by atoms with Gasteiger partial charge in [-0.25, -0.2) is 8.78 Å². The summed E-state index contributed by atoms with van der Waals surface area (Å²) in [7, 11) is 0. The third kappa shape index (κ3) is 1.77. The summed E-state index contributed by atoms with van der Waals surface area (Å²) in [6.45, 7) is 1.80. The van der Waals surface area contributed by atoms with Gasteiger partial charge in [-0.2, -0.15) is 0 Å². The molecule has 0 atom stereocenters. The average Bonchev–Trinajstić information content (AvgIpc) is 2.32. The molecule has 2 rings (SSSR count). The van der Waals surface area contributed by atoms with Gasteiger partial charge in [-0.15, -0.1) is 12.4 Å². The van der Waals surface area contributed by atoms with E-state index in [2.05, 4.69) is 5.32 Å². The van der Waals surface area contributed by atoms with E-state index in [0.717, 1.165) is 25.1 Å². The van der Waals surface area contributed by atoms with Gasteiger partial charge in [-0.1, -0.05) is 11.1 Å². The molecule has 0 aromatic rings. The third-order valence-electron chi connectivity index (χ3n) is 2.39. The molecule has 1 aliphatic carbocycles. The van der Waals surface area contributed by atoms with Crippen LogP contribution in [0.2, 0.25) is 0 Å². The summed E-state index contributed by atoms with van der Waals surface area (Å²) in [5.41, 5.74) is 2.23. The van der Waals surface area contributed by atoms with Crippen LogP contribution in [-0.2, 0) is 0 Å². The molecule has 1 aliphatic heterocycles. The molecule has 0 unspecified atom stereocenters. The molecule has 0 spiro atoms. The van der Waals surface area contributed by atoms with E-state index in [1.54, 1.807) is 0 Å². The smallest absolute Gasteiger partial charge is 0.255 e. The predicted octanol–water partition coefficient (Wildman–Crippen LogP) is 2.13. The molecule has 0 aromatic carbocycles. The van der Waals surface area contributed by atoms with E-state index in [9.17, 15) is 8.78 Å². The summed E-state index contributed by atoms with van der Waals surface area (Å²) in [4.78, 5) is 0. The van der Waals surface area contributed by atoms with Crippen LogP contribution in [-0.4, -0.2) is 19.0 Å². The molecule has 0 aromatic heterocycles. The molecule has 70 valence electrons. The molecule has 0 bridgehead atoms. The lowest BCUT2D eigenvalue weighted by atomic mass is 9.84. The maximum atomic E-state index is 12.4. The zero-order valence-corrected chi connectivity index (χ0v) is 7.52. The number of allylic oxidation sites excluding steroid dienone is 1. The van der Waals surface area contributed by atoms with Crippen LogP contribution >= 0.6 is 12.4 Å². The van der Waals surface area contributed by atoms with Crippen LogP contribution < -0.4 is 5.32 Å². The molecule has 1 heterocycles. The summed E-state index contributed by atoms with van der Waals surface area (Å²) >= 11 is 0. The highest BCUT2D eigenvalue weighted by Crippen LogP contribution is 2.44. The van der Waals surface area contributed by atoms with Gasteiger partial charge in [0.2, 0.25) is 0 Å². The fraction of sp³-hybridized carbons (Fsp3) is 0.750. The van der Waals surface area contributed by atoms with Crippen molar-refractivity contribution in [3.8, 4) is 0 Å². The van der Waals surface area contributed by atoms with E-state index in [1.807, 2.05) is 0 Å². The maximum absolute atomic E-state index is 12.4. The highest BCUT2D eigenvalue weighted by molar-refractivity contribution is 5.85. The second-order valence-corrected chi connectivity index (χ2v) is 3.34. The number of nitrogens with one attached hydrogen (secondary N) is 1. The summed E-state index contributed by atoms with van der Waals surface area (Å²) < 4.78 is 24.8. The van der Waals surface area contributed by atoms with Crippen LogP contribution in [0.25, 0.3) is 0 Å². The summed E-state index contributed by atoms with van der Waals surface area (Å²) in [6, 6.07) is 0. The zero-order valence-electron chi connectivity index (χ0n) is 6.70. The van der Waals surface area contributed by atoms with Crippen molar-refractivity contribution in [2.75, 3.05) is 13.1 Å². The van der Waals surface area contributed by atoms with Gasteiger partial charge in [0.15, 0.2) is 0 Å². The first-order chi connectivity index (χ1) is 5.17. The quantitative estimate of drug-likeness (QED) is 0.584. The first kappa shape index (κ1) is 9.93. The number of rotatable bonds is 0. The zero-order chi connectivity index (χ0) is 7.90. The van der Waals surface area contributed by atoms with Crippen molar-refractivity contribution in [2.45, 2.75) is 25.2 Å². The van der Waals surface area contributed by atoms with Gasteiger partial charge >= 0.3 is 0 Å². The second-order valence-electron chi connectivity index (χ2n) is 3.34. The molecule has 12 heavy (non-hydrogen) atoms. The van der Waals surface area contributed by atoms with E-state index >= 15 is 0 Å². The topological polar surface area (TPSA) is 12.0 Å². The number of hydrogen-bond donors (Lipinski definition) is 1. The lowest BCUT2D eigenvalue weighted by Gasteiger charge is -2.30. The number of hydrogen-bond acceptors (Lipinski definition) is 1. The van der Waals surface area contributed by atoms with Gasteiger partial charge in [-0.3, -0.25) is 0 Å². The van der Waals surface area contributed by atoms with Crippen LogP contribution in [0.15, 0.2) is 11.1 Å². The van der Waals surface area contributed by atoms with Gasteiger partial charge in [0.05, 0.1) is 0 Å². The van der Waals surface area contributed by atoms with E-state index in [0.29, 0.717) is 0 Å². The molecule has 1 saturated heterocycles. The Bertz CT molecular complexity index is 195. The van der Waals surface area contributed by atoms with Gasteiger partial charge in [0, 0.05) is 19.4 Å². The Morgan fingerprint density at radius 2 is 1.83 bits per heavy atom. The third-order valence-corrected chi connectivity index (χ3v) is 2.39. The lowest BCUT2D eigenvalue weighted by Crippen LogP contribution is -2.29. The van der Waals surface area contributed by atoms with Gasteiger partial charge < -0.3 is 5.32 Å². The van der Waals surface area contributed by atoms with Crippen molar-refractivity contribution >= 4 is 12.4 Å². The van der Waals surface area contributed by atoms with Crippen molar-refractivity contribution in [2.24, 2.45) is 0 Å². The highest BCUT2D eigenvalue weighted by atomic mass is 35.5. The summed E-state index contributed by atoms with van der Waals surface area (Å²) in [5, 5.41) is 3.15. The summed E-state index contributed by atoms with van der Waals surface area (Å²) in [5.74, 6) is -2.38. The van der Waals surface area contributed by atoms with E-state index in [4.69, 9.17) is 0 Å². The van der Waals surface area contributed by atoms with Crippen LogP contribution in [0, 0.1) is 0 Å². The molecule has 0 amide bonds. The SMILES string of the molecule is Cl.FC1(F)CC(=C2CCNC2)C1. The summed E-state index contributed by atoms with van der Waals surface area (Å²) in [6.07, 6.45) is 1.01. The Morgan fingerprint density at radius 3 is 2.25 bits per heavy atom. The first-order valence-corrected chi connectivity index (χ1v) is 3.96. The normalized spacial score (nSPS) is 26.5. The van der Waals surface area contributed by atoms with Crippen LogP contribution in [0.4, 0.5) is 8.78 Å². The first-order valence-electron chi connectivity index (χ1n) is 3.96. The second kappa shape index (κ2) is 3.30. The minimum absolute atomic E-state index is 0. The highest BCUT2D eigenvalue weighted by Gasteiger charge is 2.42. The van der Waals surface area contributed by atoms with Crippen molar-refractivity contribution in [3.63, 3.8) is 0 Å². The molecule has 0 radical (unpaired) electrons. The van der Waals surface area contributed by atoms with Crippen LogP contribution in [0.1, 0.15) is 19.3 Å². The van der Waals surface area contributed by atoms with E-state index < -0.39 is 5.92 Å². The van der Waals surface area contributed by atoms with Gasteiger partial charge in [-0.05, 0) is 13.0 Å². The van der Waals surface area contributed by atoms with E-state index in [1.165, 1.54) is 5.57 Å². The van der Waals surface area contributed by atoms with E-state index in [-0.39, 0.29) is 25.2 Å². The van der Waals surface area contributed by atoms with Crippen molar-refractivity contribution in [1.29, 1.82) is 0 Å². The van der Waals surface area contributed by atoms with Crippen molar-refractivity contribution in [3.05, 3.63) is 11.1 Å². The Balaban J connectivity index is 0.000000720. The molecule has 1 saturated carbocycles. The Kier molecular flexibility index (Phi) is 2.74. The lowest BCUT2D eigenvalue weighted by molar-refractivity contribution is -0.0374. The minimum atomic E-state index is -2.38. The fourth-order valence-corrected chi connectivity index (χ4v) is 1.69. The largest absolute Gasteiger partial charge is 0.313 e. The molecule has 2 fully saturated rings. The Hall–Kier alpha value is -0.150. The average molecular weight is 196 g/mol. The molecule has 1 nitrogen and oxygen atoms in total. The molecule has 1 N–H and O–H groups in total. The predicted molar refractivity (Wildman–Crippen MR) is 45.9 cm³/mol. The monoisotopic (exact) mass is 195 g/mol. The standard InChI is InChI=1S/C8H11F2N.ClH/c9-8(10)3-7(4-8)6-1-2-11-5-6;/h11H,1-5H2;1H. The van der Waals surface area contributed by atoms with Crippen LogP contribution in [0.3, 0.4) is 0 Å². The molecular formula is C8H12ClF2N. The number of halogens is 3. The van der Waals surface area contributed by atoms with Gasteiger partial charge in [0.25, 0.3) is 5.92 Å². The van der Waals surface area contributed by atoms with Gasteiger partial charge in [0.1, 0.15) is 0 Å². The maximum Gasteiger partial charge on any atom is 0.255 e. The van der Waals surface area contributed by atoms with Crippen molar-refractivity contribution < 1.29 is 8.78 Å². The minimum Gasteiger partial charge on any atom is -0.313 e. The van der Waals surface area contributed by atoms with Crippen molar-refractivity contribution in [1.82, 2.24) is 5.32 Å². The number of alkyl halides is 2.